The molecule has 0 radical (unpaired) electrons. The summed E-state index contributed by atoms with van der Waals surface area (Å²) >= 11 is 0.973. The van der Waals surface area contributed by atoms with Crippen LogP contribution in [0.4, 0.5) is 13.2 Å². The smallest absolute Gasteiger partial charge is 0.349 e. The topological polar surface area (TPSA) is 70.2 Å². The Bertz CT molecular complexity index is 438. The molecule has 1 unspecified atom stereocenters. The molecule has 11 heteroatoms. The second kappa shape index (κ2) is 7.87. The number of nitrogens with zero attached hydrogens (tertiary/aromatic N) is 3. The molecule has 1 atom stereocenters. The number of nitrogens with one attached hydrogen (secondary N) is 2. The summed E-state index contributed by atoms with van der Waals surface area (Å²) in [6, 6.07) is -1.68. The number of amides is 1. The largest absolute Gasteiger partial charge is 0.405 e. The van der Waals surface area contributed by atoms with Gasteiger partial charge in [0.25, 0.3) is 5.91 Å². The van der Waals surface area contributed by atoms with Crippen molar-refractivity contribution in [3.8, 4) is 0 Å². The maximum absolute atomic E-state index is 13.1. The van der Waals surface area contributed by atoms with Crippen molar-refractivity contribution >= 4 is 29.8 Å². The first-order valence-corrected chi connectivity index (χ1v) is 6.89. The number of hydrogen-bond acceptors (Lipinski definition) is 6. The molecule has 0 aliphatic carbocycles. The normalized spacial score (nSPS) is 17.9. The van der Waals surface area contributed by atoms with E-state index < -0.39 is 24.7 Å². The molecule has 1 aromatic rings. The molecule has 6 nitrogen and oxygen atoms in total. The van der Waals surface area contributed by atoms with Crippen molar-refractivity contribution in [1.82, 2.24) is 25.1 Å². The Kier molecular flexibility index (Phi) is 6.78. The molecule has 120 valence electrons. The molecule has 1 aliphatic heterocycles. The summed E-state index contributed by atoms with van der Waals surface area (Å²) in [4.78, 5) is 12.9. The lowest BCUT2D eigenvalue weighted by molar-refractivity contribution is -0.183. The molecule has 2 N–H and O–H groups in total. The highest BCUT2D eigenvalue weighted by molar-refractivity contribution is 7.03. The third kappa shape index (κ3) is 5.06. The Hall–Kier alpha value is -0.970. The van der Waals surface area contributed by atoms with E-state index in [-0.39, 0.29) is 18.1 Å². The van der Waals surface area contributed by atoms with Gasteiger partial charge in [0, 0.05) is 38.1 Å². The van der Waals surface area contributed by atoms with Crippen LogP contribution in [0.25, 0.3) is 0 Å². The molecule has 0 bridgehead atoms. The Morgan fingerprint density at radius 1 is 1.48 bits per heavy atom. The highest BCUT2D eigenvalue weighted by Crippen LogP contribution is 2.24. The minimum atomic E-state index is -4.38. The molecular weight excluding hydrogens is 331 g/mol. The van der Waals surface area contributed by atoms with Crippen LogP contribution < -0.4 is 10.6 Å². The van der Waals surface area contributed by atoms with Gasteiger partial charge in [-0.2, -0.15) is 13.2 Å². The Morgan fingerprint density at radius 3 is 2.67 bits per heavy atom. The van der Waals surface area contributed by atoms with Crippen LogP contribution in [0.5, 0.6) is 0 Å². The van der Waals surface area contributed by atoms with Crippen molar-refractivity contribution in [1.29, 1.82) is 0 Å². The zero-order chi connectivity index (χ0) is 14.6. The highest BCUT2D eigenvalue weighted by atomic mass is 35.5. The van der Waals surface area contributed by atoms with E-state index in [0.29, 0.717) is 26.2 Å². The van der Waals surface area contributed by atoms with Crippen molar-refractivity contribution in [3.05, 3.63) is 11.1 Å². The minimum absolute atomic E-state index is 0. The summed E-state index contributed by atoms with van der Waals surface area (Å²) in [7, 11) is 0. The van der Waals surface area contributed by atoms with Gasteiger partial charge in [0.2, 0.25) is 0 Å². The van der Waals surface area contributed by atoms with Gasteiger partial charge in [0.05, 0.1) is 0 Å². The van der Waals surface area contributed by atoms with Gasteiger partial charge < -0.3 is 10.6 Å². The van der Waals surface area contributed by atoms with Crippen LogP contribution in [0.15, 0.2) is 5.38 Å². The molecule has 1 aromatic heterocycles. The number of alkyl halides is 3. The van der Waals surface area contributed by atoms with Crippen LogP contribution in [-0.4, -0.2) is 65.3 Å². The van der Waals surface area contributed by atoms with Crippen LogP contribution >= 0.6 is 23.9 Å². The van der Waals surface area contributed by atoms with Crippen LogP contribution in [0.1, 0.15) is 10.5 Å². The van der Waals surface area contributed by atoms with Gasteiger partial charge >= 0.3 is 6.18 Å². The third-order valence-corrected chi connectivity index (χ3v) is 3.52. The van der Waals surface area contributed by atoms with Gasteiger partial charge in [-0.15, -0.1) is 17.5 Å². The van der Waals surface area contributed by atoms with E-state index in [1.54, 1.807) is 0 Å². The van der Waals surface area contributed by atoms with Crippen molar-refractivity contribution < 1.29 is 18.0 Å². The van der Waals surface area contributed by atoms with E-state index in [1.165, 1.54) is 10.3 Å². The van der Waals surface area contributed by atoms with E-state index in [9.17, 15) is 18.0 Å². The number of halogens is 4. The fourth-order valence-electron chi connectivity index (χ4n) is 1.99. The Morgan fingerprint density at radius 2 is 2.14 bits per heavy atom. The van der Waals surface area contributed by atoms with Crippen molar-refractivity contribution in [2.75, 3.05) is 32.7 Å². The quantitative estimate of drug-likeness (QED) is 0.833. The fraction of sp³-hybridized carbons (Fsp3) is 0.700. The van der Waals surface area contributed by atoms with Crippen LogP contribution in [0.3, 0.4) is 0 Å². The van der Waals surface area contributed by atoms with Gasteiger partial charge in [-0.05, 0) is 11.5 Å². The van der Waals surface area contributed by atoms with Gasteiger partial charge in [-0.25, -0.2) is 0 Å². The molecule has 2 heterocycles. The van der Waals surface area contributed by atoms with E-state index in [4.69, 9.17) is 0 Å². The van der Waals surface area contributed by atoms with Crippen molar-refractivity contribution in [2.45, 2.75) is 12.2 Å². The monoisotopic (exact) mass is 345 g/mol. The van der Waals surface area contributed by atoms with Crippen LogP contribution in [0.2, 0.25) is 0 Å². The number of carbonyl (C=O) groups excluding carboxylic acids is 1. The predicted octanol–water partition coefficient (Wildman–Crippen LogP) is 0.526. The summed E-state index contributed by atoms with van der Waals surface area (Å²) in [5.41, 5.74) is 0.0382. The molecule has 1 amide bonds. The van der Waals surface area contributed by atoms with Crippen molar-refractivity contribution in [3.63, 3.8) is 0 Å². The summed E-state index contributed by atoms with van der Waals surface area (Å²) in [6.07, 6.45) is -4.38. The number of aromatic nitrogens is 2. The maximum Gasteiger partial charge on any atom is 0.405 e. The van der Waals surface area contributed by atoms with E-state index in [1.807, 2.05) is 0 Å². The highest BCUT2D eigenvalue weighted by Gasteiger charge is 2.43. The zero-order valence-corrected chi connectivity index (χ0v) is 12.5. The first-order valence-electron chi connectivity index (χ1n) is 6.05. The number of hydrogen-bond donors (Lipinski definition) is 2. The maximum atomic E-state index is 13.1. The van der Waals surface area contributed by atoms with Crippen molar-refractivity contribution in [2.24, 2.45) is 0 Å². The lowest BCUT2D eigenvalue weighted by atomic mass is 10.2. The molecule has 1 saturated heterocycles. The molecule has 1 fully saturated rings. The molecule has 0 saturated carbocycles. The minimum Gasteiger partial charge on any atom is -0.349 e. The first kappa shape index (κ1) is 18.1. The number of rotatable bonds is 4. The second-order valence-electron chi connectivity index (χ2n) is 4.34. The lowest BCUT2D eigenvalue weighted by Crippen LogP contribution is -2.57. The second-order valence-corrected chi connectivity index (χ2v) is 4.95. The van der Waals surface area contributed by atoms with Crippen LogP contribution in [0, 0.1) is 0 Å². The van der Waals surface area contributed by atoms with E-state index in [0.717, 1.165) is 11.5 Å². The number of piperazine rings is 1. The Balaban J connectivity index is 0.00000220. The summed E-state index contributed by atoms with van der Waals surface area (Å²) in [5.74, 6) is -0.636. The average Bonchev–Trinajstić information content (AvgIpc) is 2.92. The SMILES string of the molecule is Cl.O=C(NCC(N1CCNCC1)C(F)(F)F)c1csnn1. The third-order valence-electron chi connectivity index (χ3n) is 3.02. The van der Waals surface area contributed by atoms with Gasteiger partial charge in [-0.3, -0.25) is 9.69 Å². The molecular formula is C10H15ClF3N5OS. The van der Waals surface area contributed by atoms with Gasteiger partial charge in [0.15, 0.2) is 5.69 Å². The van der Waals surface area contributed by atoms with Crippen LogP contribution in [-0.2, 0) is 0 Å². The molecule has 1 aliphatic rings. The van der Waals surface area contributed by atoms with Gasteiger partial charge in [-0.1, -0.05) is 4.49 Å². The average molecular weight is 346 g/mol. The van der Waals surface area contributed by atoms with E-state index >= 15 is 0 Å². The van der Waals surface area contributed by atoms with Gasteiger partial charge in [0.1, 0.15) is 6.04 Å². The molecule has 0 aromatic carbocycles. The predicted molar refractivity (Wildman–Crippen MR) is 73.8 cm³/mol. The first-order chi connectivity index (χ1) is 9.48. The lowest BCUT2D eigenvalue weighted by Gasteiger charge is -2.35. The summed E-state index contributed by atoms with van der Waals surface area (Å²) < 4.78 is 42.7. The standard InChI is InChI=1S/C10H14F3N5OS.ClH/c11-10(12,13)8(18-3-1-14-2-4-18)5-15-9(19)7-6-20-17-16-7;/h6,8,14H,1-5H2,(H,15,19);1H. The van der Waals surface area contributed by atoms with E-state index in [2.05, 4.69) is 20.2 Å². The Labute approximate surface area is 129 Å². The summed E-state index contributed by atoms with van der Waals surface area (Å²) in [6.45, 7) is 1.14. The zero-order valence-electron chi connectivity index (χ0n) is 10.9. The molecule has 21 heavy (non-hydrogen) atoms. The molecule has 2 rings (SSSR count). The summed E-state index contributed by atoms with van der Waals surface area (Å²) in [5, 5.41) is 10.2. The number of carbonyl (C=O) groups is 1. The fourth-order valence-corrected chi connectivity index (χ4v) is 2.43. The molecule has 0 spiro atoms.